The summed E-state index contributed by atoms with van der Waals surface area (Å²) >= 11 is 6.76. The summed E-state index contributed by atoms with van der Waals surface area (Å²) in [5, 5.41) is 2.07. The molecule has 1 aromatic rings. The van der Waals surface area contributed by atoms with E-state index in [1.165, 1.54) is 4.88 Å². The molecular formula is C13H18N2OS2. The minimum absolute atomic E-state index is 0.00534. The van der Waals surface area contributed by atoms with E-state index in [1.807, 2.05) is 11.0 Å². The number of thiophene rings is 1. The zero-order valence-electron chi connectivity index (χ0n) is 10.3. The second-order valence-electron chi connectivity index (χ2n) is 4.58. The molecule has 1 unspecified atom stereocenters. The summed E-state index contributed by atoms with van der Waals surface area (Å²) in [6, 6.07) is 4.16. The van der Waals surface area contributed by atoms with E-state index in [0.29, 0.717) is 11.4 Å². The Morgan fingerprint density at radius 2 is 2.44 bits per heavy atom. The zero-order valence-corrected chi connectivity index (χ0v) is 11.9. The first-order chi connectivity index (χ1) is 8.68. The van der Waals surface area contributed by atoms with Crippen LogP contribution in [-0.4, -0.2) is 28.4 Å². The van der Waals surface area contributed by atoms with Crippen LogP contribution in [0.4, 0.5) is 0 Å². The van der Waals surface area contributed by atoms with Crippen LogP contribution in [0.15, 0.2) is 17.5 Å². The van der Waals surface area contributed by atoms with Crippen molar-refractivity contribution in [2.45, 2.75) is 38.1 Å². The summed E-state index contributed by atoms with van der Waals surface area (Å²) in [4.78, 5) is 15.8. The first-order valence-electron chi connectivity index (χ1n) is 6.29. The second-order valence-corrected chi connectivity index (χ2v) is 6.08. The van der Waals surface area contributed by atoms with Crippen LogP contribution in [0.2, 0.25) is 0 Å². The Hall–Kier alpha value is -0.940. The fourth-order valence-corrected chi connectivity index (χ4v) is 3.37. The van der Waals surface area contributed by atoms with Gasteiger partial charge in [-0.25, -0.2) is 0 Å². The van der Waals surface area contributed by atoms with Gasteiger partial charge in [-0.15, -0.1) is 11.3 Å². The predicted octanol–water partition coefficient (Wildman–Crippen LogP) is 2.35. The Labute approximate surface area is 117 Å². The summed E-state index contributed by atoms with van der Waals surface area (Å²) < 4.78 is 0. The smallest absolute Gasteiger partial charge is 0.223 e. The number of thiocarbonyl (C=S) groups is 1. The lowest BCUT2D eigenvalue weighted by atomic mass is 10.2. The molecule has 0 spiro atoms. The van der Waals surface area contributed by atoms with Crippen LogP contribution in [0.1, 0.15) is 30.6 Å². The number of hydrogen-bond donors (Lipinski definition) is 1. The van der Waals surface area contributed by atoms with E-state index in [4.69, 9.17) is 18.0 Å². The second kappa shape index (κ2) is 6.29. The number of carbonyl (C=O) groups excluding carboxylic acids is 1. The number of rotatable bonds is 5. The molecular weight excluding hydrogens is 264 g/mol. The van der Waals surface area contributed by atoms with Gasteiger partial charge in [0, 0.05) is 17.8 Å². The quantitative estimate of drug-likeness (QED) is 0.843. The average molecular weight is 282 g/mol. The number of hydrogen-bond acceptors (Lipinski definition) is 3. The third-order valence-electron chi connectivity index (χ3n) is 3.30. The van der Waals surface area contributed by atoms with E-state index in [-0.39, 0.29) is 11.9 Å². The van der Waals surface area contributed by atoms with E-state index < -0.39 is 0 Å². The largest absolute Gasteiger partial charge is 0.392 e. The normalized spacial score (nSPS) is 19.1. The van der Waals surface area contributed by atoms with Crippen molar-refractivity contribution < 1.29 is 4.79 Å². The summed E-state index contributed by atoms with van der Waals surface area (Å²) in [5.74, 6) is 0.196. The Morgan fingerprint density at radius 1 is 1.61 bits per heavy atom. The first-order valence-corrected chi connectivity index (χ1v) is 7.58. The summed E-state index contributed by atoms with van der Waals surface area (Å²) in [6.07, 6.45) is 4.41. The highest BCUT2D eigenvalue weighted by Gasteiger charge is 2.29. The van der Waals surface area contributed by atoms with Crippen molar-refractivity contribution in [3.8, 4) is 0 Å². The summed E-state index contributed by atoms with van der Waals surface area (Å²) in [6.45, 7) is 0.805. The van der Waals surface area contributed by atoms with E-state index in [0.717, 1.165) is 32.2 Å². The Bertz CT molecular complexity index is 417. The fraction of sp³-hybridized carbons (Fsp3) is 0.538. The van der Waals surface area contributed by atoms with Crippen molar-refractivity contribution in [2.24, 2.45) is 5.73 Å². The number of amides is 1. The van der Waals surface area contributed by atoms with E-state index >= 15 is 0 Å². The van der Waals surface area contributed by atoms with Crippen LogP contribution in [0.25, 0.3) is 0 Å². The van der Waals surface area contributed by atoms with E-state index in [2.05, 4.69) is 11.4 Å². The molecule has 1 fully saturated rings. The molecule has 0 saturated carbocycles. The molecule has 2 rings (SSSR count). The van der Waals surface area contributed by atoms with Crippen molar-refractivity contribution >= 4 is 34.5 Å². The van der Waals surface area contributed by atoms with E-state index in [9.17, 15) is 4.79 Å². The minimum atomic E-state index is -0.00534. The molecule has 1 aliphatic rings. The van der Waals surface area contributed by atoms with Gasteiger partial charge in [0.25, 0.3) is 0 Å². The number of nitrogens with zero attached hydrogens (tertiary/aromatic N) is 1. The highest BCUT2D eigenvalue weighted by atomic mass is 32.1. The first kappa shape index (κ1) is 13.5. The molecule has 5 heteroatoms. The van der Waals surface area contributed by atoms with Crippen molar-refractivity contribution in [3.63, 3.8) is 0 Å². The molecule has 1 amide bonds. The fourth-order valence-electron chi connectivity index (χ4n) is 2.37. The monoisotopic (exact) mass is 282 g/mol. The number of carbonyl (C=O) groups is 1. The Kier molecular flexibility index (Phi) is 4.72. The van der Waals surface area contributed by atoms with Crippen LogP contribution in [0.5, 0.6) is 0 Å². The third-order valence-corrected chi connectivity index (χ3v) is 4.50. The van der Waals surface area contributed by atoms with Gasteiger partial charge in [0.05, 0.1) is 11.0 Å². The predicted molar refractivity (Wildman–Crippen MR) is 78.8 cm³/mol. The topological polar surface area (TPSA) is 46.3 Å². The molecule has 2 heterocycles. The van der Waals surface area contributed by atoms with Crippen LogP contribution in [0, 0.1) is 0 Å². The molecule has 0 aromatic carbocycles. The molecule has 98 valence electrons. The maximum Gasteiger partial charge on any atom is 0.223 e. The summed E-state index contributed by atoms with van der Waals surface area (Å²) in [5.41, 5.74) is 5.67. The molecule has 18 heavy (non-hydrogen) atoms. The lowest BCUT2D eigenvalue weighted by Gasteiger charge is -2.23. The third kappa shape index (κ3) is 3.29. The molecule has 0 radical (unpaired) electrons. The van der Waals surface area contributed by atoms with Crippen molar-refractivity contribution in [3.05, 3.63) is 22.4 Å². The zero-order chi connectivity index (χ0) is 13.0. The van der Waals surface area contributed by atoms with E-state index in [1.54, 1.807) is 11.3 Å². The van der Waals surface area contributed by atoms with Gasteiger partial charge in [-0.1, -0.05) is 18.3 Å². The van der Waals surface area contributed by atoms with Crippen molar-refractivity contribution in [1.29, 1.82) is 0 Å². The molecule has 2 N–H and O–H groups in total. The maximum atomic E-state index is 12.1. The van der Waals surface area contributed by atoms with Crippen LogP contribution < -0.4 is 5.73 Å². The van der Waals surface area contributed by atoms with Crippen molar-refractivity contribution in [2.75, 3.05) is 6.54 Å². The van der Waals surface area contributed by atoms with Crippen LogP contribution in [-0.2, 0) is 11.2 Å². The molecule has 0 aliphatic carbocycles. The lowest BCUT2D eigenvalue weighted by molar-refractivity contribution is -0.131. The maximum absolute atomic E-state index is 12.1. The number of aryl methyl sites for hydroxylation is 1. The Morgan fingerprint density at radius 3 is 3.11 bits per heavy atom. The van der Waals surface area contributed by atoms with Crippen LogP contribution >= 0.6 is 23.6 Å². The van der Waals surface area contributed by atoms with Gasteiger partial charge < -0.3 is 10.6 Å². The minimum Gasteiger partial charge on any atom is -0.392 e. The molecule has 1 aromatic heterocycles. The molecule has 1 atom stereocenters. The Balaban J connectivity index is 1.79. The van der Waals surface area contributed by atoms with Gasteiger partial charge in [0.15, 0.2) is 0 Å². The molecule has 3 nitrogen and oxygen atoms in total. The van der Waals surface area contributed by atoms with Crippen molar-refractivity contribution in [1.82, 2.24) is 4.90 Å². The average Bonchev–Trinajstić information content (AvgIpc) is 2.99. The van der Waals surface area contributed by atoms with Crippen LogP contribution in [0.3, 0.4) is 0 Å². The van der Waals surface area contributed by atoms with Gasteiger partial charge in [-0.05, 0) is 37.1 Å². The number of likely N-dealkylation sites (tertiary alicyclic amines) is 1. The van der Waals surface area contributed by atoms with Gasteiger partial charge in [0.1, 0.15) is 0 Å². The molecule has 0 bridgehead atoms. The SMILES string of the molecule is NC(=S)C1CCCN1C(=O)CCCc1cccs1. The van der Waals surface area contributed by atoms with Gasteiger partial charge >= 0.3 is 0 Å². The number of nitrogens with two attached hydrogens (primary N) is 1. The molecule has 1 aliphatic heterocycles. The molecule has 1 saturated heterocycles. The van der Waals surface area contributed by atoms with Gasteiger partial charge in [0.2, 0.25) is 5.91 Å². The van der Waals surface area contributed by atoms with Gasteiger partial charge in [-0.2, -0.15) is 0 Å². The standard InChI is InChI=1S/C13H18N2OS2/c14-13(17)11-6-2-8-15(11)12(16)7-1-4-10-5-3-9-18-10/h3,5,9,11H,1-2,4,6-8H2,(H2,14,17). The highest BCUT2D eigenvalue weighted by molar-refractivity contribution is 7.80. The highest BCUT2D eigenvalue weighted by Crippen LogP contribution is 2.20. The van der Waals surface area contributed by atoms with Gasteiger partial charge in [-0.3, -0.25) is 4.79 Å². The lowest BCUT2D eigenvalue weighted by Crippen LogP contribution is -2.42. The summed E-state index contributed by atoms with van der Waals surface area (Å²) in [7, 11) is 0.